The molecule has 4 heteroatoms. The summed E-state index contributed by atoms with van der Waals surface area (Å²) in [7, 11) is 0. The Morgan fingerprint density at radius 3 is 1.61 bits per heavy atom. The lowest BCUT2D eigenvalue weighted by Gasteiger charge is -2.13. The number of carboxylic acids is 1. The van der Waals surface area contributed by atoms with Crippen molar-refractivity contribution in [3.05, 3.63) is 36.5 Å². The summed E-state index contributed by atoms with van der Waals surface area (Å²) in [5, 5.41) is 8.62. The van der Waals surface area contributed by atoms with Crippen LogP contribution < -0.4 is 0 Å². The molecule has 1 N–H and O–H groups in total. The predicted octanol–water partition coefficient (Wildman–Crippen LogP) is 10.7. The van der Waals surface area contributed by atoms with E-state index in [0.29, 0.717) is 12.8 Å². The van der Waals surface area contributed by atoms with Gasteiger partial charge < -0.3 is 9.84 Å². The number of hydrogen-bond donors (Lipinski definition) is 1. The molecule has 0 saturated heterocycles. The third-order valence-electron chi connectivity index (χ3n) is 6.87. The molecule has 0 fully saturated rings. The van der Waals surface area contributed by atoms with Crippen LogP contribution in [0.2, 0.25) is 0 Å². The number of esters is 1. The van der Waals surface area contributed by atoms with Gasteiger partial charge in [0.15, 0.2) is 0 Å². The molecule has 1 unspecified atom stereocenters. The molecule has 0 aromatic carbocycles. The molecular formula is C34H60O4. The Hall–Kier alpha value is -1.84. The number of carboxylic acid groups (broad SMARTS) is 1. The van der Waals surface area contributed by atoms with Gasteiger partial charge in [-0.15, -0.1) is 0 Å². The molecule has 0 aromatic heterocycles. The highest BCUT2D eigenvalue weighted by molar-refractivity contribution is 5.69. The molecule has 4 nitrogen and oxygen atoms in total. The summed E-state index contributed by atoms with van der Waals surface area (Å²) in [6.45, 7) is 4.18. The van der Waals surface area contributed by atoms with Crippen molar-refractivity contribution in [2.75, 3.05) is 0 Å². The van der Waals surface area contributed by atoms with Crippen molar-refractivity contribution in [2.45, 2.75) is 168 Å². The molecule has 0 rings (SSSR count). The maximum atomic E-state index is 12.1. The van der Waals surface area contributed by atoms with Gasteiger partial charge in [-0.2, -0.15) is 0 Å². The number of allylic oxidation sites excluding steroid dienone is 6. The zero-order valence-corrected chi connectivity index (χ0v) is 25.0. The molecule has 0 amide bonds. The smallest absolute Gasteiger partial charge is 0.306 e. The lowest BCUT2D eigenvalue weighted by atomic mass is 10.0. The standard InChI is InChI=1S/C34H60O4/c1-3-4-5-6-7-8-9-10-11-12-13-14-15-19-22-25-28-31-34(37)38-32(2)29-26-23-20-17-16-18-21-24-27-30-33(35)36/h4-5,7-8,10-11,32H,3,6,9,12-31H2,1-2H3,(H,35,36)/b5-4-,8-7-,11-10-. The Bertz CT molecular complexity index is 620. The van der Waals surface area contributed by atoms with Gasteiger partial charge in [-0.25, -0.2) is 0 Å². The first-order valence-electron chi connectivity index (χ1n) is 15.9. The van der Waals surface area contributed by atoms with Gasteiger partial charge in [0.2, 0.25) is 0 Å². The molecule has 38 heavy (non-hydrogen) atoms. The number of hydrogen-bond acceptors (Lipinski definition) is 3. The normalized spacial score (nSPS) is 12.7. The van der Waals surface area contributed by atoms with E-state index in [1.807, 2.05) is 6.92 Å². The SMILES string of the molecule is CC/C=C\C/C=C\C/C=C\CCCCCCCCCC(=O)OC(C)CCCCCCCCCCCC(=O)O. The molecule has 0 aliphatic carbocycles. The Labute approximate surface area is 235 Å². The maximum absolute atomic E-state index is 12.1. The molecule has 0 aliphatic heterocycles. The minimum absolute atomic E-state index is 0.0283. The fourth-order valence-electron chi connectivity index (χ4n) is 4.53. The van der Waals surface area contributed by atoms with Crippen LogP contribution in [0, 0.1) is 0 Å². The van der Waals surface area contributed by atoms with Crippen molar-refractivity contribution >= 4 is 11.9 Å². The highest BCUT2D eigenvalue weighted by Gasteiger charge is 2.09. The zero-order chi connectivity index (χ0) is 27.9. The monoisotopic (exact) mass is 532 g/mol. The number of unbranched alkanes of at least 4 members (excludes halogenated alkanes) is 15. The van der Waals surface area contributed by atoms with Gasteiger partial charge in [-0.05, 0) is 64.7 Å². The summed E-state index contributed by atoms with van der Waals surface area (Å²) in [4.78, 5) is 22.5. The third-order valence-corrected chi connectivity index (χ3v) is 6.87. The summed E-state index contributed by atoms with van der Waals surface area (Å²) in [6, 6.07) is 0. The number of rotatable bonds is 28. The van der Waals surface area contributed by atoms with E-state index in [2.05, 4.69) is 43.4 Å². The first-order valence-corrected chi connectivity index (χ1v) is 15.9. The molecule has 1 atom stereocenters. The Morgan fingerprint density at radius 1 is 0.605 bits per heavy atom. The van der Waals surface area contributed by atoms with Crippen LogP contribution in [0.25, 0.3) is 0 Å². The summed E-state index contributed by atoms with van der Waals surface area (Å²) in [6.07, 6.45) is 38.5. The largest absolute Gasteiger partial charge is 0.481 e. The molecule has 220 valence electrons. The quantitative estimate of drug-likeness (QED) is 0.0618. The molecule has 0 heterocycles. The third kappa shape index (κ3) is 30.4. The number of carbonyl (C=O) groups excluding carboxylic acids is 1. The second-order valence-corrected chi connectivity index (χ2v) is 10.7. The van der Waals surface area contributed by atoms with Gasteiger partial charge in [0, 0.05) is 12.8 Å². The second kappa shape index (κ2) is 29.7. The summed E-state index contributed by atoms with van der Waals surface area (Å²) >= 11 is 0. The Kier molecular flexibility index (Phi) is 28.3. The number of carbonyl (C=O) groups is 2. The van der Waals surface area contributed by atoms with Crippen molar-refractivity contribution < 1.29 is 19.4 Å². The average molecular weight is 533 g/mol. The van der Waals surface area contributed by atoms with E-state index < -0.39 is 5.97 Å². The van der Waals surface area contributed by atoms with Crippen molar-refractivity contribution in [3.63, 3.8) is 0 Å². The second-order valence-electron chi connectivity index (χ2n) is 10.7. The van der Waals surface area contributed by atoms with Crippen LogP contribution in [-0.2, 0) is 14.3 Å². The van der Waals surface area contributed by atoms with Gasteiger partial charge in [-0.1, -0.05) is 120 Å². The minimum atomic E-state index is -0.684. The van der Waals surface area contributed by atoms with Crippen LogP contribution in [0.3, 0.4) is 0 Å². The summed E-state index contributed by atoms with van der Waals surface area (Å²) < 4.78 is 5.58. The van der Waals surface area contributed by atoms with E-state index in [-0.39, 0.29) is 12.1 Å². The molecule has 0 radical (unpaired) electrons. The summed E-state index contributed by atoms with van der Waals surface area (Å²) in [5.41, 5.74) is 0. The van der Waals surface area contributed by atoms with E-state index >= 15 is 0 Å². The van der Waals surface area contributed by atoms with Crippen LogP contribution in [-0.4, -0.2) is 23.1 Å². The van der Waals surface area contributed by atoms with Gasteiger partial charge in [0.1, 0.15) is 0 Å². The fourth-order valence-corrected chi connectivity index (χ4v) is 4.53. The van der Waals surface area contributed by atoms with E-state index in [1.54, 1.807) is 0 Å². The van der Waals surface area contributed by atoms with Crippen molar-refractivity contribution in [3.8, 4) is 0 Å². The van der Waals surface area contributed by atoms with E-state index in [0.717, 1.165) is 64.2 Å². The van der Waals surface area contributed by atoms with E-state index in [9.17, 15) is 9.59 Å². The van der Waals surface area contributed by atoms with Crippen molar-refractivity contribution in [1.29, 1.82) is 0 Å². The zero-order valence-electron chi connectivity index (χ0n) is 25.0. The lowest BCUT2D eigenvalue weighted by molar-refractivity contribution is -0.148. The highest BCUT2D eigenvalue weighted by Crippen LogP contribution is 2.14. The van der Waals surface area contributed by atoms with Crippen LogP contribution in [0.1, 0.15) is 162 Å². The van der Waals surface area contributed by atoms with Crippen LogP contribution >= 0.6 is 0 Å². The van der Waals surface area contributed by atoms with Crippen LogP contribution in [0.5, 0.6) is 0 Å². The van der Waals surface area contributed by atoms with Gasteiger partial charge >= 0.3 is 11.9 Å². The van der Waals surface area contributed by atoms with E-state index in [1.165, 1.54) is 70.6 Å². The minimum Gasteiger partial charge on any atom is -0.481 e. The maximum Gasteiger partial charge on any atom is 0.306 e. The average Bonchev–Trinajstić information content (AvgIpc) is 2.88. The van der Waals surface area contributed by atoms with Gasteiger partial charge in [0.05, 0.1) is 6.10 Å². The molecule has 0 aromatic rings. The Balaban J connectivity index is 3.38. The first kappa shape index (κ1) is 36.2. The summed E-state index contributed by atoms with van der Waals surface area (Å²) in [5.74, 6) is -0.712. The number of aliphatic carboxylic acids is 1. The Morgan fingerprint density at radius 2 is 1.05 bits per heavy atom. The number of ether oxygens (including phenoxy) is 1. The highest BCUT2D eigenvalue weighted by atomic mass is 16.5. The molecule has 0 bridgehead atoms. The van der Waals surface area contributed by atoms with E-state index in [4.69, 9.17) is 9.84 Å². The van der Waals surface area contributed by atoms with Crippen LogP contribution in [0.4, 0.5) is 0 Å². The van der Waals surface area contributed by atoms with Crippen molar-refractivity contribution in [2.24, 2.45) is 0 Å². The topological polar surface area (TPSA) is 63.6 Å². The molecule has 0 aliphatic rings. The van der Waals surface area contributed by atoms with Crippen molar-refractivity contribution in [1.82, 2.24) is 0 Å². The first-order chi connectivity index (χ1) is 18.6. The van der Waals surface area contributed by atoms with Gasteiger partial charge in [0.25, 0.3) is 0 Å². The van der Waals surface area contributed by atoms with Crippen LogP contribution in [0.15, 0.2) is 36.5 Å². The molecular weight excluding hydrogens is 472 g/mol. The molecule has 0 saturated carbocycles. The predicted molar refractivity (Wildman–Crippen MR) is 162 cm³/mol. The lowest BCUT2D eigenvalue weighted by Crippen LogP contribution is -2.14. The molecule has 0 spiro atoms. The van der Waals surface area contributed by atoms with Gasteiger partial charge in [-0.3, -0.25) is 9.59 Å². The fraction of sp³-hybridized carbons (Fsp3) is 0.765.